The van der Waals surface area contributed by atoms with E-state index in [4.69, 9.17) is 11.6 Å². The molecule has 3 atom stereocenters. The molecule has 1 fully saturated rings. The van der Waals surface area contributed by atoms with Gasteiger partial charge in [0.15, 0.2) is 0 Å². The van der Waals surface area contributed by atoms with Gasteiger partial charge in [-0.25, -0.2) is 0 Å². The Labute approximate surface area is 160 Å². The summed E-state index contributed by atoms with van der Waals surface area (Å²) in [6.45, 7) is 4.40. The molecule has 26 heavy (non-hydrogen) atoms. The van der Waals surface area contributed by atoms with Gasteiger partial charge in [0.2, 0.25) is 5.91 Å². The highest BCUT2D eigenvalue weighted by Crippen LogP contribution is 2.38. The molecule has 1 heterocycles. The molecule has 3 nitrogen and oxygen atoms in total. The number of rotatable bonds is 4. The van der Waals surface area contributed by atoms with E-state index in [1.165, 1.54) is 5.56 Å². The summed E-state index contributed by atoms with van der Waals surface area (Å²) in [7, 11) is 0. The Morgan fingerprint density at radius 3 is 2.31 bits per heavy atom. The van der Waals surface area contributed by atoms with Crippen LogP contribution in [0.5, 0.6) is 0 Å². The Morgan fingerprint density at radius 2 is 1.73 bits per heavy atom. The molecule has 1 aliphatic heterocycles. The lowest BCUT2D eigenvalue weighted by molar-refractivity contribution is -0.126. The van der Waals surface area contributed by atoms with Crippen molar-refractivity contribution in [2.24, 2.45) is 11.8 Å². The van der Waals surface area contributed by atoms with Gasteiger partial charge in [-0.15, -0.1) is 0 Å². The van der Waals surface area contributed by atoms with E-state index >= 15 is 0 Å². The van der Waals surface area contributed by atoms with E-state index in [9.17, 15) is 10.1 Å². The average molecular weight is 367 g/mol. The summed E-state index contributed by atoms with van der Waals surface area (Å²) < 4.78 is 0. The Balaban J connectivity index is 1.84. The van der Waals surface area contributed by atoms with Gasteiger partial charge in [0.05, 0.1) is 12.1 Å². The van der Waals surface area contributed by atoms with Gasteiger partial charge in [0, 0.05) is 10.9 Å². The number of benzene rings is 2. The number of halogens is 1. The van der Waals surface area contributed by atoms with Crippen molar-refractivity contribution in [2.75, 3.05) is 0 Å². The van der Waals surface area contributed by atoms with E-state index in [0.717, 1.165) is 17.5 Å². The maximum Gasteiger partial charge on any atom is 0.238 e. The van der Waals surface area contributed by atoms with Gasteiger partial charge in [-0.3, -0.25) is 4.79 Å². The van der Waals surface area contributed by atoms with E-state index in [2.05, 4.69) is 49.5 Å². The molecule has 3 rings (SSSR count). The molecule has 3 unspecified atom stereocenters. The number of hydrogen-bond donors (Lipinski definition) is 1. The third-order valence-electron chi connectivity index (χ3n) is 4.95. The lowest BCUT2D eigenvalue weighted by Gasteiger charge is -2.33. The van der Waals surface area contributed by atoms with Crippen molar-refractivity contribution >= 4 is 17.5 Å². The van der Waals surface area contributed by atoms with E-state index in [1.54, 1.807) is 0 Å². The maximum atomic E-state index is 12.5. The molecule has 0 saturated carbocycles. The first kappa shape index (κ1) is 18.5. The van der Waals surface area contributed by atoms with Gasteiger partial charge in [0.25, 0.3) is 0 Å². The third-order valence-corrected chi connectivity index (χ3v) is 5.21. The van der Waals surface area contributed by atoms with Crippen molar-refractivity contribution in [1.82, 2.24) is 5.32 Å². The highest BCUT2D eigenvalue weighted by Gasteiger charge is 2.38. The van der Waals surface area contributed by atoms with E-state index in [1.807, 2.05) is 24.3 Å². The highest BCUT2D eigenvalue weighted by molar-refractivity contribution is 6.30. The Bertz CT molecular complexity index is 806. The van der Waals surface area contributed by atoms with Crippen LogP contribution in [0.15, 0.2) is 48.5 Å². The number of amides is 1. The summed E-state index contributed by atoms with van der Waals surface area (Å²) in [5.74, 6) is -0.394. The topological polar surface area (TPSA) is 52.9 Å². The summed E-state index contributed by atoms with van der Waals surface area (Å²) in [4.78, 5) is 12.5. The Hall–Kier alpha value is -2.31. The van der Waals surface area contributed by atoms with Crippen LogP contribution in [0.3, 0.4) is 0 Å². The number of nitriles is 1. The van der Waals surface area contributed by atoms with E-state index in [-0.39, 0.29) is 17.9 Å². The van der Waals surface area contributed by atoms with Crippen LogP contribution in [-0.4, -0.2) is 5.91 Å². The first-order valence-corrected chi connectivity index (χ1v) is 9.40. The second-order valence-electron chi connectivity index (χ2n) is 7.40. The number of piperidine rings is 1. The molecule has 0 spiro atoms. The van der Waals surface area contributed by atoms with Crippen LogP contribution in [0.25, 0.3) is 0 Å². The van der Waals surface area contributed by atoms with Crippen molar-refractivity contribution in [2.45, 2.75) is 38.6 Å². The minimum absolute atomic E-state index is 0.0825. The summed E-state index contributed by atoms with van der Waals surface area (Å²) in [5.41, 5.74) is 3.37. The molecule has 0 aromatic heterocycles. The van der Waals surface area contributed by atoms with Crippen molar-refractivity contribution in [1.29, 1.82) is 5.26 Å². The zero-order valence-corrected chi connectivity index (χ0v) is 15.8. The molecule has 1 amide bonds. The van der Waals surface area contributed by atoms with Gasteiger partial charge in [-0.1, -0.05) is 61.8 Å². The van der Waals surface area contributed by atoms with Crippen molar-refractivity contribution in [3.8, 4) is 6.07 Å². The minimum atomic E-state index is -0.673. The monoisotopic (exact) mass is 366 g/mol. The predicted octanol–water partition coefficient (Wildman–Crippen LogP) is 5.02. The molecule has 134 valence electrons. The van der Waals surface area contributed by atoms with Crippen LogP contribution in [-0.2, 0) is 11.2 Å². The fourth-order valence-corrected chi connectivity index (χ4v) is 3.78. The quantitative estimate of drug-likeness (QED) is 0.825. The maximum absolute atomic E-state index is 12.5. The van der Waals surface area contributed by atoms with Gasteiger partial charge in [0.1, 0.15) is 5.92 Å². The first-order chi connectivity index (χ1) is 12.5. The number of hydrogen-bond acceptors (Lipinski definition) is 2. The molecule has 0 aliphatic carbocycles. The molecule has 2 aromatic rings. The van der Waals surface area contributed by atoms with E-state index < -0.39 is 5.92 Å². The fraction of sp³-hybridized carbons (Fsp3) is 0.364. The molecule has 0 radical (unpaired) electrons. The lowest BCUT2D eigenvalue weighted by Crippen LogP contribution is -2.42. The van der Waals surface area contributed by atoms with Crippen LogP contribution in [0.2, 0.25) is 5.02 Å². The second kappa shape index (κ2) is 7.93. The third kappa shape index (κ3) is 4.08. The van der Waals surface area contributed by atoms with Crippen molar-refractivity contribution in [3.05, 3.63) is 70.2 Å². The number of carbonyl (C=O) groups is 1. The predicted molar refractivity (Wildman–Crippen MR) is 104 cm³/mol. The minimum Gasteiger partial charge on any atom is -0.348 e. The van der Waals surface area contributed by atoms with Crippen molar-refractivity contribution < 1.29 is 4.79 Å². The molecule has 1 aliphatic rings. The summed E-state index contributed by atoms with van der Waals surface area (Å²) in [5, 5.41) is 13.2. The standard InChI is InChI=1S/C22H23ClN2O/c1-14(2)11-15-3-5-17(6-4-15)21-12-19(20(13-24)22(26)25-21)16-7-9-18(23)10-8-16/h3-10,14,19-21H,11-12H2,1-2H3,(H,25,26). The molecule has 0 bridgehead atoms. The summed E-state index contributed by atoms with van der Waals surface area (Å²) in [6.07, 6.45) is 1.75. The zero-order valence-electron chi connectivity index (χ0n) is 15.1. The van der Waals surface area contributed by atoms with Gasteiger partial charge in [-0.2, -0.15) is 5.26 Å². The van der Waals surface area contributed by atoms with Crippen molar-refractivity contribution in [3.63, 3.8) is 0 Å². The number of nitrogens with one attached hydrogen (secondary N) is 1. The smallest absolute Gasteiger partial charge is 0.238 e. The zero-order chi connectivity index (χ0) is 18.7. The first-order valence-electron chi connectivity index (χ1n) is 9.02. The SMILES string of the molecule is CC(C)Cc1ccc(C2CC(c3ccc(Cl)cc3)C(C#N)C(=O)N2)cc1. The van der Waals surface area contributed by atoms with Crippen LogP contribution in [0.4, 0.5) is 0 Å². The van der Waals surface area contributed by atoms with Gasteiger partial charge < -0.3 is 5.32 Å². The second-order valence-corrected chi connectivity index (χ2v) is 7.84. The highest BCUT2D eigenvalue weighted by atomic mass is 35.5. The number of nitrogens with zero attached hydrogens (tertiary/aromatic N) is 1. The molecule has 1 N–H and O–H groups in total. The largest absolute Gasteiger partial charge is 0.348 e. The van der Waals surface area contributed by atoms with Gasteiger partial charge in [-0.05, 0) is 47.6 Å². The van der Waals surface area contributed by atoms with Crippen LogP contribution in [0, 0.1) is 23.2 Å². The van der Waals surface area contributed by atoms with E-state index in [0.29, 0.717) is 17.4 Å². The summed E-state index contributed by atoms with van der Waals surface area (Å²) in [6, 6.07) is 18.0. The normalized spacial score (nSPS) is 22.7. The molecular weight excluding hydrogens is 344 g/mol. The molecule has 2 aromatic carbocycles. The van der Waals surface area contributed by atoms with Crippen LogP contribution < -0.4 is 5.32 Å². The Morgan fingerprint density at radius 1 is 1.12 bits per heavy atom. The number of carbonyl (C=O) groups excluding carboxylic acids is 1. The van der Waals surface area contributed by atoms with Gasteiger partial charge >= 0.3 is 0 Å². The molecular formula is C22H23ClN2O. The fourth-order valence-electron chi connectivity index (χ4n) is 3.66. The Kier molecular flexibility index (Phi) is 5.64. The van der Waals surface area contributed by atoms with Crippen LogP contribution >= 0.6 is 11.6 Å². The summed E-state index contributed by atoms with van der Waals surface area (Å²) >= 11 is 5.98. The lowest BCUT2D eigenvalue weighted by atomic mass is 9.77. The molecule has 1 saturated heterocycles. The average Bonchev–Trinajstić information content (AvgIpc) is 2.62. The van der Waals surface area contributed by atoms with Crippen LogP contribution in [0.1, 0.15) is 48.9 Å². The molecule has 4 heteroatoms.